The van der Waals surface area contributed by atoms with Crippen LogP contribution in [0.5, 0.6) is 5.75 Å². The van der Waals surface area contributed by atoms with E-state index in [2.05, 4.69) is 5.32 Å². The highest BCUT2D eigenvalue weighted by molar-refractivity contribution is 5.94. The summed E-state index contributed by atoms with van der Waals surface area (Å²) in [5.41, 5.74) is 2.59. The molecule has 0 spiro atoms. The first kappa shape index (κ1) is 16.1. The Morgan fingerprint density at radius 2 is 2.00 bits per heavy atom. The fourth-order valence-electron chi connectivity index (χ4n) is 3.08. The predicted molar refractivity (Wildman–Crippen MR) is 94.2 cm³/mol. The Morgan fingerprint density at radius 3 is 2.85 bits per heavy atom. The van der Waals surface area contributed by atoms with Gasteiger partial charge in [-0.05, 0) is 49.2 Å². The minimum absolute atomic E-state index is 0.0259. The van der Waals surface area contributed by atoms with Crippen LogP contribution in [-0.2, 0) is 16.0 Å². The highest BCUT2D eigenvalue weighted by Gasteiger charge is 2.24. The Labute approximate surface area is 148 Å². The standard InChI is InChI=1S/C19H16N2O5/c1-11(21-15-4-2-3-5-16(15)26-19(21)24)18(23)25-13-7-8-14-12(10-13)6-9-17(22)20-14/h2-5,7-8,10-11H,6,9H2,1H3,(H,20,22)/t11-/m1/s1. The molecule has 1 amide bonds. The van der Waals surface area contributed by atoms with Crippen molar-refractivity contribution >= 4 is 28.7 Å². The average molecular weight is 352 g/mol. The summed E-state index contributed by atoms with van der Waals surface area (Å²) in [6, 6.07) is 11.1. The van der Waals surface area contributed by atoms with E-state index in [4.69, 9.17) is 9.15 Å². The third-order valence-corrected chi connectivity index (χ3v) is 4.44. The van der Waals surface area contributed by atoms with Crippen LogP contribution in [0, 0.1) is 0 Å². The summed E-state index contributed by atoms with van der Waals surface area (Å²) >= 11 is 0. The van der Waals surface area contributed by atoms with E-state index < -0.39 is 17.8 Å². The lowest BCUT2D eigenvalue weighted by Crippen LogP contribution is -2.28. The van der Waals surface area contributed by atoms with Gasteiger partial charge in [0.2, 0.25) is 5.91 Å². The van der Waals surface area contributed by atoms with Crippen LogP contribution in [0.4, 0.5) is 5.69 Å². The van der Waals surface area contributed by atoms with E-state index in [1.807, 2.05) is 0 Å². The van der Waals surface area contributed by atoms with Gasteiger partial charge in [-0.15, -0.1) is 0 Å². The van der Waals surface area contributed by atoms with Crippen LogP contribution >= 0.6 is 0 Å². The van der Waals surface area contributed by atoms with E-state index in [1.54, 1.807) is 49.4 Å². The molecular formula is C19H16N2O5. The van der Waals surface area contributed by atoms with Crippen LogP contribution in [0.2, 0.25) is 0 Å². The molecule has 1 aromatic heterocycles. The van der Waals surface area contributed by atoms with Crippen LogP contribution < -0.4 is 15.8 Å². The minimum atomic E-state index is -0.845. The minimum Gasteiger partial charge on any atom is -0.425 e. The monoisotopic (exact) mass is 352 g/mol. The zero-order valence-electron chi connectivity index (χ0n) is 14.0. The molecule has 7 nitrogen and oxygen atoms in total. The van der Waals surface area contributed by atoms with Gasteiger partial charge in [-0.25, -0.2) is 9.59 Å². The molecule has 1 atom stereocenters. The molecule has 1 N–H and O–H groups in total. The number of anilines is 1. The van der Waals surface area contributed by atoms with Crippen LogP contribution in [0.1, 0.15) is 24.9 Å². The number of carbonyl (C=O) groups excluding carboxylic acids is 2. The third-order valence-electron chi connectivity index (χ3n) is 4.44. The first-order chi connectivity index (χ1) is 12.5. The number of carbonyl (C=O) groups is 2. The molecule has 1 aliphatic rings. The molecule has 132 valence electrons. The summed E-state index contributed by atoms with van der Waals surface area (Å²) < 4.78 is 11.9. The molecule has 4 rings (SSSR count). The molecule has 0 unspecified atom stereocenters. The number of nitrogens with one attached hydrogen (secondary N) is 1. The fourth-order valence-corrected chi connectivity index (χ4v) is 3.08. The molecule has 2 heterocycles. The van der Waals surface area contributed by atoms with Crippen molar-refractivity contribution in [2.45, 2.75) is 25.8 Å². The number of hydrogen-bond donors (Lipinski definition) is 1. The average Bonchev–Trinajstić information content (AvgIpc) is 2.96. The van der Waals surface area contributed by atoms with Gasteiger partial charge in [0.1, 0.15) is 11.8 Å². The lowest BCUT2D eigenvalue weighted by atomic mass is 10.0. The summed E-state index contributed by atoms with van der Waals surface area (Å²) in [5, 5.41) is 2.78. The van der Waals surface area contributed by atoms with Gasteiger partial charge in [-0.3, -0.25) is 9.36 Å². The smallest absolute Gasteiger partial charge is 0.420 e. The van der Waals surface area contributed by atoms with Crippen molar-refractivity contribution < 1.29 is 18.7 Å². The SMILES string of the molecule is C[C@H](C(=O)Oc1ccc2c(c1)CCC(=O)N2)n1c(=O)oc2ccccc21. The van der Waals surface area contributed by atoms with Crippen molar-refractivity contribution in [3.05, 3.63) is 58.6 Å². The van der Waals surface area contributed by atoms with Crippen molar-refractivity contribution in [2.24, 2.45) is 0 Å². The largest absolute Gasteiger partial charge is 0.425 e. The number of esters is 1. The van der Waals surface area contributed by atoms with Crippen LogP contribution in [0.15, 0.2) is 51.7 Å². The zero-order valence-corrected chi connectivity index (χ0v) is 14.0. The Morgan fingerprint density at radius 1 is 1.19 bits per heavy atom. The first-order valence-electron chi connectivity index (χ1n) is 8.27. The van der Waals surface area contributed by atoms with Gasteiger partial charge in [-0.2, -0.15) is 0 Å². The maximum atomic E-state index is 12.5. The van der Waals surface area contributed by atoms with Crippen LogP contribution in [-0.4, -0.2) is 16.4 Å². The molecule has 3 aromatic rings. The van der Waals surface area contributed by atoms with E-state index in [1.165, 1.54) is 4.57 Å². The highest BCUT2D eigenvalue weighted by Crippen LogP contribution is 2.27. The maximum absolute atomic E-state index is 12.5. The van der Waals surface area contributed by atoms with E-state index in [0.29, 0.717) is 29.7 Å². The number of hydrogen-bond acceptors (Lipinski definition) is 5. The Kier molecular flexibility index (Phi) is 3.84. The summed E-state index contributed by atoms with van der Waals surface area (Å²) in [4.78, 5) is 36.1. The Hall–Kier alpha value is -3.35. The molecule has 26 heavy (non-hydrogen) atoms. The van der Waals surface area contributed by atoms with E-state index in [9.17, 15) is 14.4 Å². The zero-order chi connectivity index (χ0) is 18.3. The summed E-state index contributed by atoms with van der Waals surface area (Å²) in [6.45, 7) is 1.59. The Balaban J connectivity index is 1.59. The number of aromatic nitrogens is 1. The van der Waals surface area contributed by atoms with Crippen molar-refractivity contribution in [2.75, 3.05) is 5.32 Å². The van der Waals surface area contributed by atoms with Crippen LogP contribution in [0.3, 0.4) is 0 Å². The third kappa shape index (κ3) is 2.77. The Bertz CT molecular complexity index is 1080. The van der Waals surface area contributed by atoms with Crippen molar-refractivity contribution in [1.29, 1.82) is 0 Å². The van der Waals surface area contributed by atoms with Gasteiger partial charge < -0.3 is 14.5 Å². The van der Waals surface area contributed by atoms with Crippen LogP contribution in [0.25, 0.3) is 11.1 Å². The molecule has 7 heteroatoms. The predicted octanol–water partition coefficient (Wildman–Crippen LogP) is 2.65. The number of oxazole rings is 1. The van der Waals surface area contributed by atoms with Crippen molar-refractivity contribution in [3.63, 3.8) is 0 Å². The molecule has 0 fully saturated rings. The van der Waals surface area contributed by atoms with Gasteiger partial charge in [0.15, 0.2) is 5.58 Å². The molecule has 0 saturated heterocycles. The maximum Gasteiger partial charge on any atom is 0.420 e. The van der Waals surface area contributed by atoms with E-state index in [0.717, 1.165) is 11.3 Å². The number of amides is 1. The molecular weight excluding hydrogens is 336 g/mol. The summed E-state index contributed by atoms with van der Waals surface area (Å²) in [5.74, 6) is -0.832. The highest BCUT2D eigenvalue weighted by atomic mass is 16.5. The number of ether oxygens (including phenoxy) is 1. The molecule has 0 radical (unpaired) electrons. The normalized spacial score (nSPS) is 14.6. The number of fused-ring (bicyclic) bond motifs is 2. The first-order valence-corrected chi connectivity index (χ1v) is 8.27. The lowest BCUT2D eigenvalue weighted by Gasteiger charge is -2.18. The van der Waals surface area contributed by atoms with Gasteiger partial charge >= 0.3 is 11.7 Å². The second kappa shape index (κ2) is 6.18. The number of rotatable bonds is 3. The second-order valence-corrected chi connectivity index (χ2v) is 6.17. The molecule has 1 aliphatic heterocycles. The molecule has 2 aromatic carbocycles. The number of para-hydroxylation sites is 2. The fraction of sp³-hybridized carbons (Fsp3) is 0.211. The lowest BCUT2D eigenvalue weighted by molar-refractivity contribution is -0.137. The number of nitrogens with zero attached hydrogens (tertiary/aromatic N) is 1. The van der Waals surface area contributed by atoms with Crippen molar-refractivity contribution in [3.8, 4) is 5.75 Å². The summed E-state index contributed by atoms with van der Waals surface area (Å²) in [7, 11) is 0. The second-order valence-electron chi connectivity index (χ2n) is 6.17. The number of benzene rings is 2. The van der Waals surface area contributed by atoms with E-state index in [-0.39, 0.29) is 5.91 Å². The van der Waals surface area contributed by atoms with Gasteiger partial charge in [-0.1, -0.05) is 12.1 Å². The quantitative estimate of drug-likeness (QED) is 0.578. The van der Waals surface area contributed by atoms with E-state index >= 15 is 0 Å². The van der Waals surface area contributed by atoms with Gasteiger partial charge in [0, 0.05) is 12.1 Å². The molecule has 0 aliphatic carbocycles. The summed E-state index contributed by atoms with van der Waals surface area (Å²) in [6.07, 6.45) is 0.991. The van der Waals surface area contributed by atoms with Crippen molar-refractivity contribution in [1.82, 2.24) is 4.57 Å². The molecule has 0 saturated carbocycles. The topological polar surface area (TPSA) is 90.5 Å². The van der Waals surface area contributed by atoms with Gasteiger partial charge in [0.05, 0.1) is 5.52 Å². The molecule has 0 bridgehead atoms. The van der Waals surface area contributed by atoms with Gasteiger partial charge in [0.25, 0.3) is 0 Å². The number of aryl methyl sites for hydroxylation is 1.